The van der Waals surface area contributed by atoms with Gasteiger partial charge in [0.25, 0.3) is 0 Å². The second-order valence-electron chi connectivity index (χ2n) is 3.94. The highest BCUT2D eigenvalue weighted by Gasteiger charge is 2.11. The number of thioether (sulfide) groups is 1. The van der Waals surface area contributed by atoms with E-state index in [1.54, 1.807) is 7.11 Å². The molecular weight excluding hydrogens is 218 g/mol. The third-order valence-corrected chi connectivity index (χ3v) is 3.69. The summed E-state index contributed by atoms with van der Waals surface area (Å²) in [6.07, 6.45) is 0. The Morgan fingerprint density at radius 1 is 1.31 bits per heavy atom. The molecule has 1 aromatic carbocycles. The molecule has 2 N–H and O–H groups in total. The third-order valence-electron chi connectivity index (χ3n) is 2.68. The van der Waals surface area contributed by atoms with Crippen LogP contribution in [0.25, 0.3) is 0 Å². The van der Waals surface area contributed by atoms with Crippen molar-refractivity contribution in [3.05, 3.63) is 28.8 Å². The second kappa shape index (κ2) is 6.16. The summed E-state index contributed by atoms with van der Waals surface area (Å²) in [7, 11) is 1.70. The normalized spacial score (nSPS) is 12.6. The van der Waals surface area contributed by atoms with Crippen molar-refractivity contribution in [1.82, 2.24) is 0 Å². The van der Waals surface area contributed by atoms with Crippen LogP contribution in [-0.2, 0) is 0 Å². The van der Waals surface area contributed by atoms with Crippen molar-refractivity contribution >= 4 is 11.8 Å². The minimum absolute atomic E-state index is 0.120. The lowest BCUT2D eigenvalue weighted by Crippen LogP contribution is -2.15. The van der Waals surface area contributed by atoms with Gasteiger partial charge in [-0.05, 0) is 42.4 Å². The molecule has 0 amide bonds. The van der Waals surface area contributed by atoms with Crippen LogP contribution in [0.4, 0.5) is 0 Å². The van der Waals surface area contributed by atoms with Gasteiger partial charge in [0.15, 0.2) is 0 Å². The van der Waals surface area contributed by atoms with Crippen molar-refractivity contribution in [2.45, 2.75) is 26.8 Å². The minimum Gasteiger partial charge on any atom is -0.496 e. The van der Waals surface area contributed by atoms with Gasteiger partial charge in [-0.25, -0.2) is 0 Å². The number of nitrogens with two attached hydrogens (primary N) is 1. The molecule has 1 unspecified atom stereocenters. The predicted molar refractivity (Wildman–Crippen MR) is 72.4 cm³/mol. The van der Waals surface area contributed by atoms with Gasteiger partial charge in [0.2, 0.25) is 0 Å². The number of hydrogen-bond donors (Lipinski definition) is 1. The summed E-state index contributed by atoms with van der Waals surface area (Å²) in [6, 6.07) is 4.34. The lowest BCUT2D eigenvalue weighted by atomic mass is 10.00. The Labute approximate surface area is 103 Å². The number of benzene rings is 1. The van der Waals surface area contributed by atoms with Crippen LogP contribution in [0.1, 0.15) is 29.7 Å². The van der Waals surface area contributed by atoms with Crippen LogP contribution in [0.5, 0.6) is 5.75 Å². The van der Waals surface area contributed by atoms with Gasteiger partial charge in [-0.2, -0.15) is 11.8 Å². The first-order valence-electron chi connectivity index (χ1n) is 5.58. The van der Waals surface area contributed by atoms with Crippen molar-refractivity contribution in [2.24, 2.45) is 5.73 Å². The zero-order chi connectivity index (χ0) is 12.1. The van der Waals surface area contributed by atoms with E-state index in [1.807, 2.05) is 11.8 Å². The number of rotatable bonds is 5. The molecule has 0 aliphatic rings. The maximum absolute atomic E-state index is 6.18. The molecular formula is C13H21NOS. The Morgan fingerprint density at radius 3 is 2.56 bits per heavy atom. The van der Waals surface area contributed by atoms with Crippen molar-refractivity contribution in [3.8, 4) is 5.75 Å². The predicted octanol–water partition coefficient (Wildman–Crippen LogP) is 3.06. The first-order chi connectivity index (χ1) is 7.60. The molecule has 0 aliphatic heterocycles. The largest absolute Gasteiger partial charge is 0.496 e. The summed E-state index contributed by atoms with van der Waals surface area (Å²) in [5.41, 5.74) is 9.78. The second-order valence-corrected chi connectivity index (χ2v) is 5.26. The van der Waals surface area contributed by atoms with E-state index in [9.17, 15) is 0 Å². The number of hydrogen-bond acceptors (Lipinski definition) is 3. The average molecular weight is 239 g/mol. The minimum atomic E-state index is 0.120. The standard InChI is InChI=1S/C13H21NOS/c1-5-16-8-12(14)11-6-10(3)13(15-4)7-9(11)2/h6-7,12H,5,8,14H2,1-4H3. The topological polar surface area (TPSA) is 35.2 Å². The zero-order valence-electron chi connectivity index (χ0n) is 10.5. The van der Waals surface area contributed by atoms with Gasteiger partial charge in [-0.1, -0.05) is 13.0 Å². The SMILES string of the molecule is CCSCC(N)c1cc(C)c(OC)cc1C. The first-order valence-corrected chi connectivity index (χ1v) is 6.74. The van der Waals surface area contributed by atoms with Gasteiger partial charge >= 0.3 is 0 Å². The van der Waals surface area contributed by atoms with Gasteiger partial charge in [0.1, 0.15) is 5.75 Å². The summed E-state index contributed by atoms with van der Waals surface area (Å²) in [5.74, 6) is 3.03. The fourth-order valence-corrected chi connectivity index (χ4v) is 2.44. The molecule has 0 bridgehead atoms. The Bertz CT molecular complexity index is 352. The summed E-state index contributed by atoms with van der Waals surface area (Å²) in [4.78, 5) is 0. The highest BCUT2D eigenvalue weighted by Crippen LogP contribution is 2.27. The monoisotopic (exact) mass is 239 g/mol. The van der Waals surface area contributed by atoms with Crippen LogP contribution in [-0.4, -0.2) is 18.6 Å². The summed E-state index contributed by atoms with van der Waals surface area (Å²) < 4.78 is 5.30. The molecule has 3 heteroatoms. The summed E-state index contributed by atoms with van der Waals surface area (Å²) >= 11 is 1.88. The quantitative estimate of drug-likeness (QED) is 0.857. The van der Waals surface area contributed by atoms with Gasteiger partial charge in [-0.15, -0.1) is 0 Å². The van der Waals surface area contributed by atoms with Crippen LogP contribution >= 0.6 is 11.8 Å². The van der Waals surface area contributed by atoms with Crippen molar-refractivity contribution in [2.75, 3.05) is 18.6 Å². The third kappa shape index (κ3) is 3.16. The molecule has 16 heavy (non-hydrogen) atoms. The molecule has 0 fully saturated rings. The van der Waals surface area contributed by atoms with Crippen LogP contribution in [0.2, 0.25) is 0 Å². The van der Waals surface area contributed by atoms with Crippen LogP contribution in [0.15, 0.2) is 12.1 Å². The molecule has 0 radical (unpaired) electrons. The molecule has 0 saturated carbocycles. The number of aryl methyl sites for hydroxylation is 2. The van der Waals surface area contributed by atoms with Gasteiger partial charge in [-0.3, -0.25) is 0 Å². The molecule has 1 aromatic rings. The Morgan fingerprint density at radius 2 is 2.00 bits per heavy atom. The van der Waals surface area contributed by atoms with Crippen LogP contribution in [0, 0.1) is 13.8 Å². The smallest absolute Gasteiger partial charge is 0.122 e. The van der Waals surface area contributed by atoms with E-state index >= 15 is 0 Å². The molecule has 1 rings (SSSR count). The van der Waals surface area contributed by atoms with Crippen molar-refractivity contribution in [3.63, 3.8) is 0 Å². The van der Waals surface area contributed by atoms with E-state index in [0.29, 0.717) is 0 Å². The maximum atomic E-state index is 6.18. The lowest BCUT2D eigenvalue weighted by molar-refractivity contribution is 0.411. The molecule has 0 heterocycles. The molecule has 90 valence electrons. The Hall–Kier alpha value is -0.670. The summed E-state index contributed by atoms with van der Waals surface area (Å²) in [5, 5.41) is 0. The summed E-state index contributed by atoms with van der Waals surface area (Å²) in [6.45, 7) is 6.30. The zero-order valence-corrected chi connectivity index (χ0v) is 11.4. The Balaban J connectivity index is 2.92. The Kier molecular flexibility index (Phi) is 5.16. The van der Waals surface area contributed by atoms with E-state index in [2.05, 4.69) is 32.9 Å². The first kappa shape index (κ1) is 13.4. The van der Waals surface area contributed by atoms with Crippen molar-refractivity contribution in [1.29, 1.82) is 0 Å². The van der Waals surface area contributed by atoms with Gasteiger partial charge in [0, 0.05) is 11.8 Å². The molecule has 0 aromatic heterocycles. The lowest BCUT2D eigenvalue weighted by Gasteiger charge is -2.16. The molecule has 0 aliphatic carbocycles. The van der Waals surface area contributed by atoms with E-state index < -0.39 is 0 Å². The molecule has 2 nitrogen and oxygen atoms in total. The van der Waals surface area contributed by atoms with Crippen LogP contribution < -0.4 is 10.5 Å². The molecule has 1 atom stereocenters. The van der Waals surface area contributed by atoms with Crippen molar-refractivity contribution < 1.29 is 4.74 Å². The molecule has 0 spiro atoms. The van der Waals surface area contributed by atoms with Gasteiger partial charge < -0.3 is 10.5 Å². The number of methoxy groups -OCH3 is 1. The van der Waals surface area contributed by atoms with E-state index in [4.69, 9.17) is 10.5 Å². The van der Waals surface area contributed by atoms with E-state index in [1.165, 1.54) is 11.1 Å². The molecule has 0 saturated heterocycles. The van der Waals surface area contributed by atoms with Crippen LogP contribution in [0.3, 0.4) is 0 Å². The van der Waals surface area contributed by atoms with E-state index in [0.717, 1.165) is 22.8 Å². The average Bonchev–Trinajstić information content (AvgIpc) is 2.28. The van der Waals surface area contributed by atoms with Gasteiger partial charge in [0.05, 0.1) is 7.11 Å². The van der Waals surface area contributed by atoms with E-state index in [-0.39, 0.29) is 6.04 Å². The number of ether oxygens (including phenoxy) is 1. The maximum Gasteiger partial charge on any atom is 0.122 e. The fourth-order valence-electron chi connectivity index (χ4n) is 1.77. The highest BCUT2D eigenvalue weighted by molar-refractivity contribution is 7.99. The fraction of sp³-hybridized carbons (Fsp3) is 0.538. The highest BCUT2D eigenvalue weighted by atomic mass is 32.2.